The highest BCUT2D eigenvalue weighted by Gasteiger charge is 2.18. The van der Waals surface area contributed by atoms with Gasteiger partial charge in [-0.25, -0.2) is 9.97 Å². The summed E-state index contributed by atoms with van der Waals surface area (Å²) >= 11 is 0. The molecule has 3 aromatic heterocycles. The molecule has 2 aliphatic rings. The van der Waals surface area contributed by atoms with Gasteiger partial charge in [0.15, 0.2) is 0 Å². The van der Waals surface area contributed by atoms with Crippen LogP contribution in [0.25, 0.3) is 27.9 Å². The number of pyridine rings is 1. The lowest BCUT2D eigenvalue weighted by Crippen LogP contribution is -2.44. The Morgan fingerprint density at radius 2 is 1.71 bits per heavy atom. The first-order chi connectivity index (χ1) is 17.2. The monoisotopic (exact) mass is 464 g/mol. The highest BCUT2D eigenvalue weighted by atomic mass is 16.1. The van der Waals surface area contributed by atoms with Crippen LogP contribution >= 0.6 is 0 Å². The maximum absolute atomic E-state index is 13.1. The molecule has 0 radical (unpaired) electrons. The third-order valence-electron chi connectivity index (χ3n) is 6.36. The normalized spacial score (nSPS) is 15.7. The van der Waals surface area contributed by atoms with E-state index in [0.29, 0.717) is 22.5 Å². The number of allylic oxidation sites excluding steroid dienone is 4. The molecule has 1 aromatic carbocycles. The van der Waals surface area contributed by atoms with Crippen molar-refractivity contribution in [3.8, 4) is 11.3 Å². The van der Waals surface area contributed by atoms with Crippen molar-refractivity contribution in [2.45, 2.75) is 0 Å². The van der Waals surface area contributed by atoms with Crippen molar-refractivity contribution in [1.29, 1.82) is 0 Å². The first-order valence-corrected chi connectivity index (χ1v) is 11.6. The minimum Gasteiger partial charge on any atom is -0.369 e. The first kappa shape index (κ1) is 21.2. The molecule has 1 fully saturated rings. The largest absolute Gasteiger partial charge is 0.369 e. The SMILES string of the molecule is CN1CCN(c2ccc(Nc3ncc4c(=O)n(C5=CC=C5)nc(-c5ccncc5)c4n3)cc2)CC1. The number of nitrogens with zero attached hydrogens (tertiary/aromatic N) is 7. The summed E-state index contributed by atoms with van der Waals surface area (Å²) in [6.45, 7) is 4.17. The number of hydrogen-bond donors (Lipinski definition) is 1. The molecule has 6 rings (SSSR count). The van der Waals surface area contributed by atoms with Gasteiger partial charge in [-0.1, -0.05) is 6.08 Å². The average molecular weight is 465 g/mol. The number of hydrogen-bond acceptors (Lipinski definition) is 8. The molecule has 0 bridgehead atoms. The lowest BCUT2D eigenvalue weighted by atomic mass is 10.1. The maximum atomic E-state index is 13.1. The predicted molar refractivity (Wildman–Crippen MR) is 138 cm³/mol. The minimum atomic E-state index is -0.253. The van der Waals surface area contributed by atoms with E-state index in [0.717, 1.165) is 43.1 Å². The van der Waals surface area contributed by atoms with Crippen molar-refractivity contribution in [2.24, 2.45) is 0 Å². The number of piperazine rings is 1. The van der Waals surface area contributed by atoms with Crippen molar-refractivity contribution in [3.63, 3.8) is 0 Å². The lowest BCUT2D eigenvalue weighted by molar-refractivity contribution is 0.313. The van der Waals surface area contributed by atoms with Gasteiger partial charge >= 0.3 is 0 Å². The van der Waals surface area contributed by atoms with E-state index < -0.39 is 0 Å². The van der Waals surface area contributed by atoms with Crippen molar-refractivity contribution >= 4 is 33.9 Å². The Balaban J connectivity index is 1.34. The first-order valence-electron chi connectivity index (χ1n) is 11.6. The fraction of sp³-hybridized carbons (Fsp3) is 0.192. The zero-order chi connectivity index (χ0) is 23.8. The smallest absolute Gasteiger partial charge is 0.282 e. The van der Waals surface area contributed by atoms with Gasteiger partial charge in [0.2, 0.25) is 5.95 Å². The van der Waals surface area contributed by atoms with E-state index in [4.69, 9.17) is 4.98 Å². The summed E-state index contributed by atoms with van der Waals surface area (Å²) in [5.74, 6) is 0.404. The van der Waals surface area contributed by atoms with Gasteiger partial charge in [-0.2, -0.15) is 9.78 Å². The zero-order valence-electron chi connectivity index (χ0n) is 19.3. The molecular formula is C26H24N8O. The van der Waals surface area contributed by atoms with Crippen molar-refractivity contribution < 1.29 is 0 Å². The molecule has 0 amide bonds. The second-order valence-corrected chi connectivity index (χ2v) is 8.67. The summed E-state index contributed by atoms with van der Waals surface area (Å²) in [4.78, 5) is 31.1. The van der Waals surface area contributed by atoms with Crippen LogP contribution in [0.2, 0.25) is 0 Å². The molecule has 1 aliphatic carbocycles. The Hall–Kier alpha value is -4.37. The fourth-order valence-electron chi connectivity index (χ4n) is 4.24. The number of anilines is 3. The number of nitrogens with one attached hydrogen (secondary N) is 1. The molecule has 9 heteroatoms. The topological polar surface area (TPSA) is 92.1 Å². The summed E-state index contributed by atoms with van der Waals surface area (Å²) in [6, 6.07) is 12.0. The predicted octanol–water partition coefficient (Wildman–Crippen LogP) is 3.15. The molecule has 1 aliphatic heterocycles. The summed E-state index contributed by atoms with van der Waals surface area (Å²) in [6.07, 6.45) is 10.5. The number of benzene rings is 1. The second kappa shape index (κ2) is 8.77. The van der Waals surface area contributed by atoms with E-state index in [2.05, 4.69) is 49.4 Å². The van der Waals surface area contributed by atoms with Gasteiger partial charge in [-0.15, -0.1) is 0 Å². The third kappa shape index (κ3) is 4.06. The molecule has 1 N–H and O–H groups in total. The second-order valence-electron chi connectivity index (χ2n) is 8.67. The maximum Gasteiger partial charge on any atom is 0.282 e. The van der Waals surface area contributed by atoms with E-state index in [9.17, 15) is 4.79 Å². The molecule has 4 aromatic rings. The summed E-state index contributed by atoms with van der Waals surface area (Å²) < 4.78 is 1.39. The van der Waals surface area contributed by atoms with Crippen LogP contribution in [0.3, 0.4) is 0 Å². The van der Waals surface area contributed by atoms with Crippen molar-refractivity contribution in [3.05, 3.63) is 83.6 Å². The van der Waals surface area contributed by atoms with Gasteiger partial charge in [0, 0.05) is 61.7 Å². The van der Waals surface area contributed by atoms with E-state index in [1.165, 1.54) is 10.4 Å². The van der Waals surface area contributed by atoms with E-state index >= 15 is 0 Å². The van der Waals surface area contributed by atoms with Gasteiger partial charge in [0.1, 0.15) is 11.2 Å². The van der Waals surface area contributed by atoms with Crippen molar-refractivity contribution in [2.75, 3.05) is 43.4 Å². The molecule has 35 heavy (non-hydrogen) atoms. The van der Waals surface area contributed by atoms with E-state index in [-0.39, 0.29) is 5.56 Å². The zero-order valence-corrected chi connectivity index (χ0v) is 19.3. The number of rotatable bonds is 5. The molecule has 0 spiro atoms. The fourth-order valence-corrected chi connectivity index (χ4v) is 4.24. The van der Waals surface area contributed by atoms with Crippen LogP contribution < -0.4 is 15.8 Å². The van der Waals surface area contributed by atoms with Crippen molar-refractivity contribution in [1.82, 2.24) is 29.6 Å². The summed E-state index contributed by atoms with van der Waals surface area (Å²) in [5.41, 5.74) is 4.47. The van der Waals surface area contributed by atoms with Gasteiger partial charge in [0.25, 0.3) is 5.56 Å². The third-order valence-corrected chi connectivity index (χ3v) is 6.36. The molecule has 0 atom stereocenters. The molecule has 174 valence electrons. The molecule has 0 unspecified atom stereocenters. The highest BCUT2D eigenvalue weighted by molar-refractivity contribution is 5.91. The van der Waals surface area contributed by atoms with Crippen LogP contribution in [0.5, 0.6) is 0 Å². The molecule has 9 nitrogen and oxygen atoms in total. The number of fused-ring (bicyclic) bond motifs is 1. The average Bonchev–Trinajstić information content (AvgIpc) is 2.86. The summed E-state index contributed by atoms with van der Waals surface area (Å²) in [5, 5.41) is 8.32. The summed E-state index contributed by atoms with van der Waals surface area (Å²) in [7, 11) is 2.15. The Kier molecular flexibility index (Phi) is 5.31. The van der Waals surface area contributed by atoms with Crippen LogP contribution in [0.4, 0.5) is 17.3 Å². The Morgan fingerprint density at radius 1 is 0.971 bits per heavy atom. The molecule has 4 heterocycles. The van der Waals surface area contributed by atoms with E-state index in [1.54, 1.807) is 18.6 Å². The van der Waals surface area contributed by atoms with Crippen LogP contribution in [-0.2, 0) is 0 Å². The van der Waals surface area contributed by atoms with Gasteiger partial charge in [-0.3, -0.25) is 9.78 Å². The highest BCUT2D eigenvalue weighted by Crippen LogP contribution is 2.26. The quantitative estimate of drug-likeness (QED) is 0.482. The Labute approximate surface area is 202 Å². The standard InChI is InChI=1S/C26H24N8O/c1-32-13-15-33(16-14-32)20-7-5-19(6-8-20)29-26-28-17-22-24(30-26)23(18-9-11-27-12-10-18)31-34(25(22)35)21-3-2-4-21/h2-12,17H,13-16H2,1H3,(H,28,29,30). The molecular weight excluding hydrogens is 440 g/mol. The van der Waals surface area contributed by atoms with Gasteiger partial charge in [-0.05, 0) is 55.6 Å². The lowest BCUT2D eigenvalue weighted by Gasteiger charge is -2.34. The molecule has 1 saturated heterocycles. The van der Waals surface area contributed by atoms with Crippen LogP contribution in [-0.4, -0.2) is 62.9 Å². The van der Waals surface area contributed by atoms with Crippen LogP contribution in [0.15, 0.2) is 78.0 Å². The molecule has 0 saturated carbocycles. The Bertz CT molecular complexity index is 1500. The van der Waals surface area contributed by atoms with Crippen LogP contribution in [0.1, 0.15) is 0 Å². The van der Waals surface area contributed by atoms with Gasteiger partial charge < -0.3 is 15.1 Å². The van der Waals surface area contributed by atoms with Crippen LogP contribution in [0, 0.1) is 0 Å². The Morgan fingerprint density at radius 3 is 2.40 bits per heavy atom. The van der Waals surface area contributed by atoms with Gasteiger partial charge in [0.05, 0.1) is 11.1 Å². The minimum absolute atomic E-state index is 0.253. The van der Waals surface area contributed by atoms with E-state index in [1.807, 2.05) is 42.5 Å². The number of aromatic nitrogens is 5. The number of likely N-dealkylation sites (N-methyl/N-ethyl adjacent to an activating group) is 1.